The Balaban J connectivity index is 2.01. The van der Waals surface area contributed by atoms with Crippen molar-refractivity contribution in [3.8, 4) is 0 Å². The number of thioether (sulfide) groups is 1. The van der Waals surface area contributed by atoms with Crippen LogP contribution in [-0.2, 0) is 21.7 Å². The Morgan fingerprint density at radius 2 is 2.14 bits per heavy atom. The van der Waals surface area contributed by atoms with E-state index >= 15 is 0 Å². The van der Waals surface area contributed by atoms with Crippen LogP contribution in [0.5, 0.6) is 0 Å². The van der Waals surface area contributed by atoms with Crippen LogP contribution in [0.1, 0.15) is 19.2 Å². The molecule has 0 N–H and O–H groups in total. The van der Waals surface area contributed by atoms with Crippen LogP contribution < -0.4 is 0 Å². The molecule has 118 valence electrons. The lowest BCUT2D eigenvalue weighted by atomic mass is 10.2. The van der Waals surface area contributed by atoms with E-state index < -0.39 is 9.84 Å². The molecular formula is C12H20N4O3S2. The molecule has 1 aliphatic heterocycles. The van der Waals surface area contributed by atoms with Crippen LogP contribution in [-0.4, -0.2) is 63.8 Å². The maximum absolute atomic E-state index is 12.4. The highest BCUT2D eigenvalue weighted by molar-refractivity contribution is 8.00. The van der Waals surface area contributed by atoms with Gasteiger partial charge in [0.15, 0.2) is 15.0 Å². The Kier molecular flexibility index (Phi) is 4.62. The van der Waals surface area contributed by atoms with Crippen molar-refractivity contribution in [2.24, 2.45) is 7.05 Å². The molecule has 0 radical (unpaired) electrons. The molecule has 2 rings (SSSR count). The van der Waals surface area contributed by atoms with Gasteiger partial charge in [-0.3, -0.25) is 4.79 Å². The third kappa shape index (κ3) is 3.57. The predicted molar refractivity (Wildman–Crippen MR) is 80.9 cm³/mol. The van der Waals surface area contributed by atoms with Crippen molar-refractivity contribution < 1.29 is 13.2 Å². The van der Waals surface area contributed by atoms with E-state index in [-0.39, 0.29) is 28.7 Å². The van der Waals surface area contributed by atoms with Crippen molar-refractivity contribution in [3.05, 3.63) is 5.82 Å². The number of hydrogen-bond acceptors (Lipinski definition) is 6. The first kappa shape index (κ1) is 16.3. The Bertz CT molecular complexity index is 641. The third-order valence-electron chi connectivity index (χ3n) is 3.79. The maximum Gasteiger partial charge on any atom is 0.235 e. The van der Waals surface area contributed by atoms with Gasteiger partial charge in [0.2, 0.25) is 5.91 Å². The van der Waals surface area contributed by atoms with Crippen LogP contribution in [0, 0.1) is 6.92 Å². The van der Waals surface area contributed by atoms with Gasteiger partial charge in [0.25, 0.3) is 0 Å². The number of carbonyl (C=O) groups is 1. The second-order valence-corrected chi connectivity index (χ2v) is 8.89. The fourth-order valence-electron chi connectivity index (χ4n) is 2.25. The Hall–Kier alpha value is -1.09. The fraction of sp³-hybridized carbons (Fsp3) is 0.750. The van der Waals surface area contributed by atoms with Gasteiger partial charge >= 0.3 is 0 Å². The molecule has 9 heteroatoms. The highest BCUT2D eigenvalue weighted by atomic mass is 32.2. The minimum absolute atomic E-state index is 0.0652. The molecule has 2 heterocycles. The van der Waals surface area contributed by atoms with Gasteiger partial charge in [-0.2, -0.15) is 0 Å². The van der Waals surface area contributed by atoms with Crippen molar-refractivity contribution >= 4 is 27.5 Å². The molecule has 0 spiro atoms. The van der Waals surface area contributed by atoms with E-state index in [1.807, 2.05) is 18.5 Å². The SMILES string of the molecule is Cc1nnc(S[C@@H](C)C(=O)N(C)[C@H]2CCS(=O)(=O)C2)n1C. The van der Waals surface area contributed by atoms with E-state index in [1.165, 1.54) is 11.8 Å². The second-order valence-electron chi connectivity index (χ2n) is 5.35. The average Bonchev–Trinajstić information content (AvgIpc) is 2.93. The number of rotatable bonds is 4. The number of aryl methyl sites for hydroxylation is 1. The molecule has 0 unspecified atom stereocenters. The number of aromatic nitrogens is 3. The van der Waals surface area contributed by atoms with E-state index in [2.05, 4.69) is 10.2 Å². The largest absolute Gasteiger partial charge is 0.341 e. The monoisotopic (exact) mass is 332 g/mol. The zero-order chi connectivity index (χ0) is 15.8. The smallest absolute Gasteiger partial charge is 0.235 e. The van der Waals surface area contributed by atoms with Crippen molar-refractivity contribution in [1.29, 1.82) is 0 Å². The summed E-state index contributed by atoms with van der Waals surface area (Å²) >= 11 is 1.33. The molecule has 1 aromatic heterocycles. The van der Waals surface area contributed by atoms with Gasteiger partial charge in [0, 0.05) is 20.1 Å². The summed E-state index contributed by atoms with van der Waals surface area (Å²) in [6.45, 7) is 3.65. The quantitative estimate of drug-likeness (QED) is 0.735. The lowest BCUT2D eigenvalue weighted by molar-refractivity contribution is -0.130. The second kappa shape index (κ2) is 5.96. The van der Waals surface area contributed by atoms with Crippen LogP contribution in [0.3, 0.4) is 0 Å². The van der Waals surface area contributed by atoms with Crippen LogP contribution in [0.15, 0.2) is 5.16 Å². The summed E-state index contributed by atoms with van der Waals surface area (Å²) in [5, 5.41) is 8.33. The van der Waals surface area contributed by atoms with Crippen LogP contribution in [0.2, 0.25) is 0 Å². The topological polar surface area (TPSA) is 85.2 Å². The van der Waals surface area contributed by atoms with Crippen molar-refractivity contribution in [2.75, 3.05) is 18.6 Å². The molecule has 1 saturated heterocycles. The number of sulfone groups is 1. The van der Waals surface area contributed by atoms with Crippen LogP contribution in [0.25, 0.3) is 0 Å². The van der Waals surface area contributed by atoms with Gasteiger partial charge in [-0.05, 0) is 20.3 Å². The summed E-state index contributed by atoms with van der Waals surface area (Å²) in [6.07, 6.45) is 0.519. The molecule has 0 aliphatic carbocycles. The molecule has 1 amide bonds. The molecule has 2 atom stereocenters. The number of nitrogens with zero attached hydrogens (tertiary/aromatic N) is 4. The summed E-state index contributed by atoms with van der Waals surface area (Å²) in [7, 11) is 0.534. The van der Waals surface area contributed by atoms with Crippen LogP contribution >= 0.6 is 11.8 Å². The first-order chi connectivity index (χ1) is 9.71. The summed E-state index contributed by atoms with van der Waals surface area (Å²) in [6, 6.07) is -0.216. The molecular weight excluding hydrogens is 312 g/mol. The fourth-order valence-corrected chi connectivity index (χ4v) is 4.98. The number of amides is 1. The molecule has 7 nitrogen and oxygen atoms in total. The van der Waals surface area contributed by atoms with Gasteiger partial charge < -0.3 is 9.47 Å². The van der Waals surface area contributed by atoms with Gasteiger partial charge in [-0.25, -0.2) is 8.42 Å². The Morgan fingerprint density at radius 3 is 2.62 bits per heavy atom. The zero-order valence-electron chi connectivity index (χ0n) is 12.6. The van der Waals surface area contributed by atoms with Crippen molar-refractivity contribution in [3.63, 3.8) is 0 Å². The van der Waals surface area contributed by atoms with E-state index in [4.69, 9.17) is 0 Å². The summed E-state index contributed by atoms with van der Waals surface area (Å²) in [4.78, 5) is 14.0. The zero-order valence-corrected chi connectivity index (χ0v) is 14.2. The van der Waals surface area contributed by atoms with Gasteiger partial charge in [-0.15, -0.1) is 10.2 Å². The first-order valence-electron chi connectivity index (χ1n) is 6.71. The summed E-state index contributed by atoms with van der Waals surface area (Å²) in [5.41, 5.74) is 0. The molecule has 1 fully saturated rings. The van der Waals surface area contributed by atoms with E-state index in [9.17, 15) is 13.2 Å². The lowest BCUT2D eigenvalue weighted by Gasteiger charge is -2.26. The summed E-state index contributed by atoms with van der Waals surface area (Å²) in [5.74, 6) is 0.935. The molecule has 21 heavy (non-hydrogen) atoms. The molecule has 0 aromatic carbocycles. The molecule has 1 aromatic rings. The first-order valence-corrected chi connectivity index (χ1v) is 9.41. The standard InChI is InChI=1S/C12H20N4O3S2/c1-8(20-12-14-13-9(2)15(12)3)11(17)16(4)10-5-6-21(18,19)7-10/h8,10H,5-7H2,1-4H3/t8-,10-/m0/s1. The Morgan fingerprint density at radius 1 is 1.48 bits per heavy atom. The normalized spacial score (nSPS) is 22.2. The highest BCUT2D eigenvalue weighted by Crippen LogP contribution is 2.24. The van der Waals surface area contributed by atoms with Gasteiger partial charge in [0.1, 0.15) is 5.82 Å². The minimum Gasteiger partial charge on any atom is -0.341 e. The van der Waals surface area contributed by atoms with E-state index in [0.717, 1.165) is 5.82 Å². The predicted octanol–water partition coefficient (Wildman–Crippen LogP) is 0.250. The van der Waals surface area contributed by atoms with Crippen LogP contribution in [0.4, 0.5) is 0 Å². The molecule has 1 aliphatic rings. The van der Waals surface area contributed by atoms with Gasteiger partial charge in [-0.1, -0.05) is 11.8 Å². The van der Waals surface area contributed by atoms with Gasteiger partial charge in [0.05, 0.1) is 16.8 Å². The summed E-state index contributed by atoms with van der Waals surface area (Å²) < 4.78 is 24.9. The lowest BCUT2D eigenvalue weighted by Crippen LogP contribution is -2.41. The minimum atomic E-state index is -2.99. The average molecular weight is 332 g/mol. The maximum atomic E-state index is 12.4. The van der Waals surface area contributed by atoms with E-state index in [1.54, 1.807) is 18.9 Å². The van der Waals surface area contributed by atoms with E-state index in [0.29, 0.717) is 11.6 Å². The van der Waals surface area contributed by atoms with Crippen molar-refractivity contribution in [2.45, 2.75) is 36.7 Å². The molecule has 0 saturated carbocycles. The molecule has 0 bridgehead atoms. The third-order valence-corrected chi connectivity index (χ3v) is 6.66. The number of hydrogen-bond donors (Lipinski definition) is 0. The Labute approximate surface area is 129 Å². The number of carbonyl (C=O) groups excluding carboxylic acids is 1. The van der Waals surface area contributed by atoms with Crippen molar-refractivity contribution in [1.82, 2.24) is 19.7 Å². The highest BCUT2D eigenvalue weighted by Gasteiger charge is 2.34.